The number of anilines is 1. The van der Waals surface area contributed by atoms with Gasteiger partial charge in [0.1, 0.15) is 17.3 Å². The highest BCUT2D eigenvalue weighted by atomic mass is 19.1. The Balaban J connectivity index is 2.40. The minimum atomic E-state index is -0.441. The molecule has 20 heavy (non-hydrogen) atoms. The lowest BCUT2D eigenvalue weighted by Gasteiger charge is -2.16. The summed E-state index contributed by atoms with van der Waals surface area (Å²) in [7, 11) is 0. The van der Waals surface area contributed by atoms with Crippen molar-refractivity contribution < 1.29 is 9.18 Å². The Morgan fingerprint density at radius 3 is 2.60 bits per heavy atom. The van der Waals surface area contributed by atoms with E-state index in [4.69, 9.17) is 5.73 Å². The molecular formula is C14H17FN4O. The van der Waals surface area contributed by atoms with Crippen molar-refractivity contribution in [2.75, 3.05) is 18.8 Å². The van der Waals surface area contributed by atoms with Gasteiger partial charge in [0.2, 0.25) is 0 Å². The number of nitrogens with two attached hydrogens (primary N) is 1. The monoisotopic (exact) mass is 276 g/mol. The van der Waals surface area contributed by atoms with Gasteiger partial charge in [0.05, 0.1) is 0 Å². The van der Waals surface area contributed by atoms with Crippen LogP contribution in [-0.4, -0.2) is 33.7 Å². The molecule has 0 spiro atoms. The highest BCUT2D eigenvalue weighted by Gasteiger charge is 2.19. The van der Waals surface area contributed by atoms with E-state index in [0.29, 0.717) is 13.1 Å². The van der Waals surface area contributed by atoms with Gasteiger partial charge in [-0.25, -0.2) is 9.07 Å². The smallest absolute Gasteiger partial charge is 0.274 e. The van der Waals surface area contributed by atoms with Gasteiger partial charge >= 0.3 is 0 Å². The van der Waals surface area contributed by atoms with E-state index in [1.54, 1.807) is 23.1 Å². The number of hydrogen-bond donors (Lipinski definition) is 1. The SMILES string of the molecule is CCN(CC)C(=O)c1cc(N)n(-c2ccccc2F)n1. The van der Waals surface area contributed by atoms with Crippen LogP contribution < -0.4 is 5.73 Å². The van der Waals surface area contributed by atoms with Gasteiger partial charge in [0, 0.05) is 19.2 Å². The Kier molecular flexibility index (Phi) is 4.02. The highest BCUT2D eigenvalue weighted by Crippen LogP contribution is 2.18. The molecule has 0 saturated carbocycles. The summed E-state index contributed by atoms with van der Waals surface area (Å²) in [6, 6.07) is 7.62. The van der Waals surface area contributed by atoms with Crippen LogP contribution >= 0.6 is 0 Å². The molecule has 1 aromatic heterocycles. The fourth-order valence-corrected chi connectivity index (χ4v) is 1.99. The summed E-state index contributed by atoms with van der Waals surface area (Å²) in [5.74, 6) is -0.425. The molecule has 6 heteroatoms. The summed E-state index contributed by atoms with van der Waals surface area (Å²) < 4.78 is 15.0. The fraction of sp³-hybridized carbons (Fsp3) is 0.286. The molecule has 0 atom stereocenters. The number of nitrogens with zero attached hydrogens (tertiary/aromatic N) is 3. The van der Waals surface area contributed by atoms with Gasteiger partial charge in [0.15, 0.2) is 5.69 Å². The maximum Gasteiger partial charge on any atom is 0.274 e. The summed E-state index contributed by atoms with van der Waals surface area (Å²) in [6.45, 7) is 4.95. The lowest BCUT2D eigenvalue weighted by atomic mass is 10.3. The molecule has 5 nitrogen and oxygen atoms in total. The zero-order chi connectivity index (χ0) is 14.7. The topological polar surface area (TPSA) is 64.2 Å². The van der Waals surface area contributed by atoms with Crippen LogP contribution in [0.2, 0.25) is 0 Å². The first kappa shape index (κ1) is 14.0. The molecule has 0 aliphatic rings. The predicted octanol–water partition coefficient (Wildman–Crippen LogP) is 2.08. The fourth-order valence-electron chi connectivity index (χ4n) is 1.99. The van der Waals surface area contributed by atoms with Crippen molar-refractivity contribution in [2.45, 2.75) is 13.8 Å². The second-order valence-electron chi connectivity index (χ2n) is 4.30. The Labute approximate surface area is 116 Å². The van der Waals surface area contributed by atoms with E-state index in [1.807, 2.05) is 13.8 Å². The third-order valence-corrected chi connectivity index (χ3v) is 3.09. The zero-order valence-electron chi connectivity index (χ0n) is 11.5. The van der Waals surface area contributed by atoms with E-state index in [-0.39, 0.29) is 23.1 Å². The third-order valence-electron chi connectivity index (χ3n) is 3.09. The molecular weight excluding hydrogens is 259 g/mol. The zero-order valence-corrected chi connectivity index (χ0v) is 11.5. The van der Waals surface area contributed by atoms with Crippen LogP contribution in [0, 0.1) is 5.82 Å². The van der Waals surface area contributed by atoms with Crippen molar-refractivity contribution in [3.8, 4) is 5.69 Å². The number of hydrogen-bond acceptors (Lipinski definition) is 3. The lowest BCUT2D eigenvalue weighted by Crippen LogP contribution is -2.30. The van der Waals surface area contributed by atoms with Crippen molar-refractivity contribution in [1.29, 1.82) is 0 Å². The number of carbonyl (C=O) groups excluding carboxylic acids is 1. The second kappa shape index (κ2) is 5.73. The van der Waals surface area contributed by atoms with E-state index >= 15 is 0 Å². The number of halogens is 1. The summed E-state index contributed by atoms with van der Waals surface area (Å²) in [5, 5.41) is 4.12. The van der Waals surface area contributed by atoms with E-state index in [1.165, 1.54) is 16.8 Å². The van der Waals surface area contributed by atoms with E-state index in [2.05, 4.69) is 5.10 Å². The molecule has 2 rings (SSSR count). The number of benzene rings is 1. The number of para-hydroxylation sites is 1. The van der Waals surface area contributed by atoms with Gasteiger partial charge in [-0.1, -0.05) is 12.1 Å². The van der Waals surface area contributed by atoms with Crippen LogP contribution in [-0.2, 0) is 0 Å². The molecule has 1 heterocycles. The van der Waals surface area contributed by atoms with Crippen molar-refractivity contribution in [1.82, 2.24) is 14.7 Å². The van der Waals surface area contributed by atoms with Crippen molar-refractivity contribution in [2.24, 2.45) is 0 Å². The van der Waals surface area contributed by atoms with Crippen molar-refractivity contribution in [3.63, 3.8) is 0 Å². The molecule has 2 N–H and O–H groups in total. The summed E-state index contributed by atoms with van der Waals surface area (Å²) in [4.78, 5) is 13.8. The van der Waals surface area contributed by atoms with Gasteiger partial charge < -0.3 is 10.6 Å². The predicted molar refractivity (Wildman–Crippen MR) is 75.2 cm³/mol. The molecule has 2 aromatic rings. The molecule has 106 valence electrons. The van der Waals surface area contributed by atoms with Crippen molar-refractivity contribution in [3.05, 3.63) is 41.8 Å². The summed E-state index contributed by atoms with van der Waals surface area (Å²) in [6.07, 6.45) is 0. The van der Waals surface area contributed by atoms with E-state index < -0.39 is 5.82 Å². The minimum absolute atomic E-state index is 0.211. The molecule has 1 amide bonds. The normalized spacial score (nSPS) is 10.6. The Morgan fingerprint density at radius 1 is 1.35 bits per heavy atom. The molecule has 0 bridgehead atoms. The molecule has 0 unspecified atom stereocenters. The summed E-state index contributed by atoms with van der Waals surface area (Å²) in [5.41, 5.74) is 6.27. The van der Waals surface area contributed by atoms with Gasteiger partial charge in [-0.2, -0.15) is 5.10 Å². The number of nitrogen functional groups attached to an aromatic ring is 1. The number of amides is 1. The second-order valence-corrected chi connectivity index (χ2v) is 4.30. The minimum Gasteiger partial charge on any atom is -0.384 e. The van der Waals surface area contributed by atoms with Crippen LogP contribution in [0.4, 0.5) is 10.2 Å². The average molecular weight is 276 g/mol. The van der Waals surface area contributed by atoms with Crippen LogP contribution in [0.3, 0.4) is 0 Å². The largest absolute Gasteiger partial charge is 0.384 e. The molecule has 0 aliphatic heterocycles. The molecule has 0 aliphatic carbocycles. The Bertz CT molecular complexity index is 619. The van der Waals surface area contributed by atoms with E-state index in [9.17, 15) is 9.18 Å². The first-order valence-corrected chi connectivity index (χ1v) is 6.48. The van der Waals surface area contributed by atoms with Crippen LogP contribution in [0.25, 0.3) is 5.69 Å². The maximum absolute atomic E-state index is 13.7. The Hall–Kier alpha value is -2.37. The molecule has 0 saturated heterocycles. The molecule has 1 aromatic carbocycles. The first-order chi connectivity index (χ1) is 9.58. The molecule has 0 radical (unpaired) electrons. The number of aromatic nitrogens is 2. The molecule has 0 fully saturated rings. The van der Waals surface area contributed by atoms with Gasteiger partial charge in [0.25, 0.3) is 5.91 Å². The lowest BCUT2D eigenvalue weighted by molar-refractivity contribution is 0.0766. The van der Waals surface area contributed by atoms with Crippen LogP contribution in [0.15, 0.2) is 30.3 Å². The van der Waals surface area contributed by atoms with Gasteiger partial charge in [-0.15, -0.1) is 0 Å². The standard InChI is InChI=1S/C14H17FN4O/c1-3-18(4-2)14(20)11-9-13(16)19(17-11)12-8-6-5-7-10(12)15/h5-9H,3-4,16H2,1-2H3. The average Bonchev–Trinajstić information content (AvgIpc) is 2.82. The Morgan fingerprint density at radius 2 is 2.00 bits per heavy atom. The number of carbonyl (C=O) groups is 1. The maximum atomic E-state index is 13.7. The third kappa shape index (κ3) is 2.49. The highest BCUT2D eigenvalue weighted by molar-refractivity contribution is 5.93. The van der Waals surface area contributed by atoms with Gasteiger partial charge in [-0.3, -0.25) is 4.79 Å². The van der Waals surface area contributed by atoms with E-state index in [0.717, 1.165) is 0 Å². The summed E-state index contributed by atoms with van der Waals surface area (Å²) >= 11 is 0. The van der Waals surface area contributed by atoms with Crippen LogP contribution in [0.5, 0.6) is 0 Å². The number of rotatable bonds is 4. The van der Waals surface area contributed by atoms with Crippen molar-refractivity contribution >= 4 is 11.7 Å². The van der Waals surface area contributed by atoms with Crippen LogP contribution in [0.1, 0.15) is 24.3 Å². The van der Waals surface area contributed by atoms with Gasteiger partial charge in [-0.05, 0) is 26.0 Å². The quantitative estimate of drug-likeness (QED) is 0.929. The first-order valence-electron chi connectivity index (χ1n) is 6.48.